The molecule has 3 rings (SSSR count). The van der Waals surface area contributed by atoms with Gasteiger partial charge in [-0.3, -0.25) is 0 Å². The minimum atomic E-state index is -1.12. The molecule has 26 heavy (non-hydrogen) atoms. The van der Waals surface area contributed by atoms with E-state index < -0.39 is 5.60 Å². The smallest absolute Gasteiger partial charge is 0.115 e. The van der Waals surface area contributed by atoms with Crippen LogP contribution in [0.3, 0.4) is 0 Å². The van der Waals surface area contributed by atoms with E-state index in [2.05, 4.69) is 19.9 Å². The lowest BCUT2D eigenvalue weighted by Gasteiger charge is -2.50. The molecule has 0 aromatic heterocycles. The van der Waals surface area contributed by atoms with E-state index >= 15 is 0 Å². The van der Waals surface area contributed by atoms with Crippen molar-refractivity contribution in [3.8, 4) is 0 Å². The lowest BCUT2D eigenvalue weighted by Crippen LogP contribution is -2.49. The average molecular weight is 390 g/mol. The van der Waals surface area contributed by atoms with Gasteiger partial charge in [0.25, 0.3) is 0 Å². The zero-order chi connectivity index (χ0) is 18.9. The summed E-state index contributed by atoms with van der Waals surface area (Å²) in [5.41, 5.74) is 7.64. The highest BCUT2D eigenvalue weighted by Crippen LogP contribution is 2.54. The fraction of sp³-hybridized carbons (Fsp3) is 0.364. The van der Waals surface area contributed by atoms with Crippen LogP contribution in [0, 0.1) is 11.3 Å². The van der Waals surface area contributed by atoms with Crippen LogP contribution >= 0.6 is 23.2 Å². The van der Waals surface area contributed by atoms with Crippen LogP contribution in [0.2, 0.25) is 10.0 Å². The van der Waals surface area contributed by atoms with Crippen molar-refractivity contribution < 1.29 is 5.11 Å². The first-order valence-corrected chi connectivity index (χ1v) is 9.69. The van der Waals surface area contributed by atoms with E-state index in [0.717, 1.165) is 29.5 Å². The average Bonchev–Trinajstić information content (AvgIpc) is 2.61. The molecule has 1 aliphatic rings. The lowest BCUT2D eigenvalue weighted by molar-refractivity contribution is -0.0299. The van der Waals surface area contributed by atoms with Crippen LogP contribution in [-0.2, 0) is 5.60 Å². The van der Waals surface area contributed by atoms with Gasteiger partial charge in [0.05, 0.1) is 0 Å². The third-order valence-corrected chi connectivity index (χ3v) is 6.10. The van der Waals surface area contributed by atoms with E-state index in [1.165, 1.54) is 0 Å². The first-order valence-electron chi connectivity index (χ1n) is 8.94. The van der Waals surface area contributed by atoms with Crippen LogP contribution in [0.15, 0.2) is 54.1 Å². The molecule has 0 bridgehead atoms. The molecule has 0 aliphatic heterocycles. The molecule has 2 aromatic rings. The molecule has 4 heteroatoms. The normalized spacial score (nSPS) is 26.8. The Morgan fingerprint density at radius 2 is 1.58 bits per heavy atom. The molecule has 2 nitrogen and oxygen atoms in total. The highest BCUT2D eigenvalue weighted by Gasteiger charge is 2.50. The number of hydrogen-bond donors (Lipinski definition) is 2. The Balaban J connectivity index is 2.19. The maximum absolute atomic E-state index is 12.0. The number of hydrogen-bond acceptors (Lipinski definition) is 2. The molecule has 0 heterocycles. The van der Waals surface area contributed by atoms with Gasteiger partial charge in [0, 0.05) is 16.0 Å². The van der Waals surface area contributed by atoms with Crippen molar-refractivity contribution in [2.24, 2.45) is 17.1 Å². The molecular weight excluding hydrogens is 365 g/mol. The Kier molecular flexibility index (Phi) is 5.50. The van der Waals surface area contributed by atoms with Crippen molar-refractivity contribution in [1.82, 2.24) is 0 Å². The topological polar surface area (TPSA) is 46.2 Å². The van der Waals surface area contributed by atoms with Gasteiger partial charge in [-0.25, -0.2) is 0 Å². The molecule has 1 fully saturated rings. The van der Waals surface area contributed by atoms with Gasteiger partial charge in [0.1, 0.15) is 5.60 Å². The van der Waals surface area contributed by atoms with Crippen molar-refractivity contribution in [3.63, 3.8) is 0 Å². The zero-order valence-electron chi connectivity index (χ0n) is 15.2. The lowest BCUT2D eigenvalue weighted by atomic mass is 9.58. The van der Waals surface area contributed by atoms with E-state index in [9.17, 15) is 5.11 Å². The predicted octanol–water partition coefficient (Wildman–Crippen LogP) is 5.66. The predicted molar refractivity (Wildman–Crippen MR) is 110 cm³/mol. The number of aliphatic hydroxyl groups is 1. The molecule has 0 spiro atoms. The van der Waals surface area contributed by atoms with Gasteiger partial charge in [-0.2, -0.15) is 0 Å². The van der Waals surface area contributed by atoms with Crippen LogP contribution in [-0.4, -0.2) is 11.7 Å². The fourth-order valence-corrected chi connectivity index (χ4v) is 4.28. The summed E-state index contributed by atoms with van der Waals surface area (Å²) in [6.07, 6.45) is 3.94. The minimum absolute atomic E-state index is 0.0461. The van der Waals surface area contributed by atoms with Crippen LogP contribution < -0.4 is 5.73 Å². The number of benzene rings is 2. The van der Waals surface area contributed by atoms with E-state index in [1.54, 1.807) is 0 Å². The second-order valence-electron chi connectivity index (χ2n) is 7.74. The first kappa shape index (κ1) is 19.4. The summed E-state index contributed by atoms with van der Waals surface area (Å²) in [4.78, 5) is 0. The Labute approximate surface area is 165 Å². The van der Waals surface area contributed by atoms with E-state index in [0.29, 0.717) is 16.6 Å². The number of rotatable bonds is 3. The quantitative estimate of drug-likeness (QED) is 0.710. The van der Waals surface area contributed by atoms with Crippen LogP contribution in [0.4, 0.5) is 0 Å². The Hall–Kier alpha value is -1.32. The van der Waals surface area contributed by atoms with Gasteiger partial charge >= 0.3 is 0 Å². The summed E-state index contributed by atoms with van der Waals surface area (Å²) in [7, 11) is 0. The van der Waals surface area contributed by atoms with Crippen molar-refractivity contribution in [2.75, 3.05) is 6.54 Å². The van der Waals surface area contributed by atoms with Gasteiger partial charge < -0.3 is 10.8 Å². The second kappa shape index (κ2) is 7.36. The largest absolute Gasteiger partial charge is 0.380 e. The molecule has 0 amide bonds. The van der Waals surface area contributed by atoms with Crippen LogP contribution in [0.25, 0.3) is 6.08 Å². The number of nitrogens with two attached hydrogens (primary N) is 1. The van der Waals surface area contributed by atoms with Crippen molar-refractivity contribution in [2.45, 2.75) is 32.3 Å². The highest BCUT2D eigenvalue weighted by atomic mass is 35.5. The summed E-state index contributed by atoms with van der Waals surface area (Å²) in [5.74, 6) is -0.0461. The SMILES string of the molecule is CC1(C)CCC(CN)C(O)(c2ccc(Cl)cc2)C1=Cc1ccc(Cl)cc1. The van der Waals surface area contributed by atoms with Gasteiger partial charge in [-0.15, -0.1) is 0 Å². The molecule has 1 saturated carbocycles. The Bertz CT molecular complexity index is 796. The molecule has 2 aromatic carbocycles. The van der Waals surface area contributed by atoms with Crippen molar-refractivity contribution in [1.29, 1.82) is 0 Å². The molecule has 2 atom stereocenters. The number of halogens is 2. The molecule has 0 saturated heterocycles. The third kappa shape index (κ3) is 3.57. The summed E-state index contributed by atoms with van der Waals surface area (Å²) in [6.45, 7) is 4.79. The maximum atomic E-state index is 12.0. The zero-order valence-corrected chi connectivity index (χ0v) is 16.7. The van der Waals surface area contributed by atoms with Crippen molar-refractivity contribution >= 4 is 29.3 Å². The molecular formula is C22H25Cl2NO. The van der Waals surface area contributed by atoms with Gasteiger partial charge in [0.15, 0.2) is 0 Å². The third-order valence-electron chi connectivity index (χ3n) is 5.60. The Morgan fingerprint density at radius 1 is 1.04 bits per heavy atom. The van der Waals surface area contributed by atoms with E-state index in [-0.39, 0.29) is 11.3 Å². The first-order chi connectivity index (χ1) is 12.3. The van der Waals surface area contributed by atoms with Crippen LogP contribution in [0.5, 0.6) is 0 Å². The van der Waals surface area contributed by atoms with E-state index in [1.807, 2.05) is 48.5 Å². The molecule has 2 unspecified atom stereocenters. The standard InChI is InChI=1S/C22H25Cl2NO/c1-21(2)12-11-17(14-25)22(26,16-5-9-19(24)10-6-16)20(21)13-15-3-7-18(23)8-4-15/h3-10,13,17,26H,11-12,14,25H2,1-2H3. The van der Waals surface area contributed by atoms with Gasteiger partial charge in [-0.1, -0.05) is 67.4 Å². The Morgan fingerprint density at radius 3 is 2.12 bits per heavy atom. The molecule has 0 radical (unpaired) electrons. The molecule has 138 valence electrons. The highest BCUT2D eigenvalue weighted by molar-refractivity contribution is 6.30. The summed E-state index contributed by atoms with van der Waals surface area (Å²) < 4.78 is 0. The summed E-state index contributed by atoms with van der Waals surface area (Å²) in [5, 5.41) is 13.3. The fourth-order valence-electron chi connectivity index (χ4n) is 4.03. The molecule has 3 N–H and O–H groups in total. The van der Waals surface area contributed by atoms with Crippen molar-refractivity contribution in [3.05, 3.63) is 75.3 Å². The van der Waals surface area contributed by atoms with Gasteiger partial charge in [0.2, 0.25) is 0 Å². The van der Waals surface area contributed by atoms with Crippen LogP contribution in [0.1, 0.15) is 37.8 Å². The monoisotopic (exact) mass is 389 g/mol. The minimum Gasteiger partial charge on any atom is -0.380 e. The second-order valence-corrected chi connectivity index (χ2v) is 8.61. The van der Waals surface area contributed by atoms with Gasteiger partial charge in [-0.05, 0) is 65.8 Å². The molecule has 1 aliphatic carbocycles. The maximum Gasteiger partial charge on any atom is 0.115 e. The van der Waals surface area contributed by atoms with E-state index in [4.69, 9.17) is 28.9 Å². The summed E-state index contributed by atoms with van der Waals surface area (Å²) in [6, 6.07) is 15.1. The summed E-state index contributed by atoms with van der Waals surface area (Å²) >= 11 is 12.1.